The first-order valence-corrected chi connectivity index (χ1v) is 13.9. The van der Waals surface area contributed by atoms with Gasteiger partial charge in [-0.3, -0.25) is 19.7 Å². The average molecular weight is 530 g/mol. The lowest BCUT2D eigenvalue weighted by Gasteiger charge is -2.38. The number of pyridine rings is 2. The predicted molar refractivity (Wildman–Crippen MR) is 148 cm³/mol. The van der Waals surface area contributed by atoms with E-state index in [0.717, 1.165) is 79.1 Å². The Balaban J connectivity index is 1.28. The molecular weight excluding hydrogens is 497 g/mol. The Labute approximate surface area is 226 Å². The maximum absolute atomic E-state index is 14.3. The van der Waals surface area contributed by atoms with Crippen molar-refractivity contribution in [2.45, 2.75) is 50.5 Å². The van der Waals surface area contributed by atoms with E-state index in [-0.39, 0.29) is 23.2 Å². The topological polar surface area (TPSA) is 80.2 Å². The quantitative estimate of drug-likeness (QED) is 0.478. The van der Waals surface area contributed by atoms with E-state index in [1.165, 1.54) is 12.1 Å². The fourth-order valence-corrected chi connectivity index (χ4v) is 6.62. The van der Waals surface area contributed by atoms with Gasteiger partial charge in [-0.2, -0.15) is 0 Å². The first kappa shape index (κ1) is 24.6. The van der Waals surface area contributed by atoms with Crippen molar-refractivity contribution < 1.29 is 18.7 Å². The van der Waals surface area contributed by atoms with Crippen molar-refractivity contribution >= 4 is 40.2 Å². The highest BCUT2D eigenvalue weighted by Gasteiger charge is 2.44. The zero-order valence-corrected chi connectivity index (χ0v) is 22.2. The van der Waals surface area contributed by atoms with E-state index in [9.17, 15) is 9.18 Å². The largest absolute Gasteiger partial charge is 0.378 e. The molecule has 8 nitrogen and oxygen atoms in total. The van der Waals surface area contributed by atoms with Crippen LogP contribution in [0, 0.1) is 12.7 Å². The Morgan fingerprint density at radius 3 is 2.82 bits per heavy atom. The van der Waals surface area contributed by atoms with Crippen molar-refractivity contribution in [1.82, 2.24) is 9.97 Å². The molecule has 39 heavy (non-hydrogen) atoms. The van der Waals surface area contributed by atoms with E-state index in [0.29, 0.717) is 37.3 Å². The number of hydrogen-bond donors (Lipinski definition) is 0. The van der Waals surface area contributed by atoms with E-state index in [2.05, 4.69) is 17.2 Å². The molecule has 3 fully saturated rings. The van der Waals surface area contributed by atoms with Gasteiger partial charge in [-0.1, -0.05) is 0 Å². The number of aromatic nitrogens is 2. The van der Waals surface area contributed by atoms with Gasteiger partial charge < -0.3 is 14.4 Å². The molecule has 0 saturated carbocycles. The molecule has 1 amide bonds. The summed E-state index contributed by atoms with van der Waals surface area (Å²) in [6, 6.07) is 6.85. The minimum Gasteiger partial charge on any atom is -0.378 e. The number of halogens is 1. The third kappa shape index (κ3) is 4.19. The SMILES string of the molecule is Cc1c(N2CCCCC2=O)nc2cc(F)ccc2c1[C@H]1CC2(C=Nc3cc(N4CCOCC4)cnc32)CCO1. The number of amides is 1. The molecule has 2 aromatic heterocycles. The molecular formula is C30H32FN5O3. The van der Waals surface area contributed by atoms with Crippen LogP contribution in [0.4, 0.5) is 21.6 Å². The van der Waals surface area contributed by atoms with Gasteiger partial charge in [-0.05, 0) is 61.9 Å². The molecule has 1 spiro atoms. The van der Waals surface area contributed by atoms with Gasteiger partial charge in [0.15, 0.2) is 0 Å². The van der Waals surface area contributed by atoms with Crippen molar-refractivity contribution in [2.75, 3.05) is 49.3 Å². The lowest BCUT2D eigenvalue weighted by Crippen LogP contribution is -2.38. The summed E-state index contributed by atoms with van der Waals surface area (Å²) >= 11 is 0. The lowest BCUT2D eigenvalue weighted by atomic mass is 9.74. The molecule has 0 bridgehead atoms. The van der Waals surface area contributed by atoms with Crippen LogP contribution >= 0.6 is 0 Å². The highest BCUT2D eigenvalue weighted by molar-refractivity contribution is 5.96. The molecule has 0 aliphatic carbocycles. The number of benzene rings is 1. The fraction of sp³-hybridized carbons (Fsp3) is 0.467. The Morgan fingerprint density at radius 2 is 1.97 bits per heavy atom. The molecule has 6 heterocycles. The molecule has 2 atom stereocenters. The van der Waals surface area contributed by atoms with Crippen LogP contribution in [-0.2, 0) is 19.7 Å². The Hall–Kier alpha value is -3.43. The van der Waals surface area contributed by atoms with Gasteiger partial charge in [0.05, 0.1) is 53.5 Å². The van der Waals surface area contributed by atoms with Crippen molar-refractivity contribution in [2.24, 2.45) is 4.99 Å². The summed E-state index contributed by atoms with van der Waals surface area (Å²) in [5, 5.41) is 0.856. The van der Waals surface area contributed by atoms with Gasteiger partial charge in [-0.15, -0.1) is 0 Å². The summed E-state index contributed by atoms with van der Waals surface area (Å²) in [5.74, 6) is 0.334. The van der Waals surface area contributed by atoms with E-state index in [1.807, 2.05) is 13.1 Å². The van der Waals surface area contributed by atoms with Gasteiger partial charge in [0.2, 0.25) is 5.91 Å². The number of anilines is 2. The predicted octanol–water partition coefficient (Wildman–Crippen LogP) is 4.94. The van der Waals surface area contributed by atoms with Crippen molar-refractivity contribution in [1.29, 1.82) is 0 Å². The number of piperidine rings is 1. The van der Waals surface area contributed by atoms with Crippen molar-refractivity contribution in [3.63, 3.8) is 0 Å². The summed E-state index contributed by atoms with van der Waals surface area (Å²) < 4.78 is 26.3. The fourth-order valence-electron chi connectivity index (χ4n) is 6.62. The third-order valence-electron chi connectivity index (χ3n) is 8.69. The van der Waals surface area contributed by atoms with Crippen molar-refractivity contribution in [3.8, 4) is 0 Å². The number of aliphatic imine (C=N–C) groups is 1. The first-order chi connectivity index (χ1) is 19.0. The Kier molecular flexibility index (Phi) is 6.08. The lowest BCUT2D eigenvalue weighted by molar-refractivity contribution is -0.119. The second-order valence-corrected chi connectivity index (χ2v) is 11.0. The van der Waals surface area contributed by atoms with Crippen LogP contribution in [-0.4, -0.2) is 61.5 Å². The third-order valence-corrected chi connectivity index (χ3v) is 8.69. The second-order valence-electron chi connectivity index (χ2n) is 11.0. The van der Waals surface area contributed by atoms with E-state index in [4.69, 9.17) is 24.4 Å². The molecule has 1 aromatic carbocycles. The van der Waals surface area contributed by atoms with Gasteiger partial charge in [-0.25, -0.2) is 9.37 Å². The monoisotopic (exact) mass is 529 g/mol. The molecule has 0 radical (unpaired) electrons. The van der Waals surface area contributed by atoms with E-state index >= 15 is 0 Å². The summed E-state index contributed by atoms with van der Waals surface area (Å²) in [4.78, 5) is 31.5. The maximum atomic E-state index is 14.3. The van der Waals surface area contributed by atoms with Gasteiger partial charge in [0, 0.05) is 50.3 Å². The molecule has 7 rings (SSSR count). The summed E-state index contributed by atoms with van der Waals surface area (Å²) in [7, 11) is 0. The number of nitrogens with zero attached hydrogens (tertiary/aromatic N) is 5. The smallest absolute Gasteiger partial charge is 0.228 e. The molecule has 202 valence electrons. The molecule has 0 N–H and O–H groups in total. The Bertz CT molecular complexity index is 1490. The molecule has 3 saturated heterocycles. The van der Waals surface area contributed by atoms with Crippen LogP contribution in [0.15, 0.2) is 35.5 Å². The minimum absolute atomic E-state index is 0.0664. The maximum Gasteiger partial charge on any atom is 0.228 e. The van der Waals surface area contributed by atoms with Gasteiger partial charge >= 0.3 is 0 Å². The number of rotatable bonds is 3. The van der Waals surface area contributed by atoms with Crippen LogP contribution in [0.2, 0.25) is 0 Å². The highest BCUT2D eigenvalue weighted by atomic mass is 19.1. The van der Waals surface area contributed by atoms with E-state index < -0.39 is 0 Å². The van der Waals surface area contributed by atoms with Crippen LogP contribution < -0.4 is 9.80 Å². The number of hydrogen-bond acceptors (Lipinski definition) is 7. The Morgan fingerprint density at radius 1 is 1.10 bits per heavy atom. The van der Waals surface area contributed by atoms with Crippen LogP contribution in [0.1, 0.15) is 55.0 Å². The first-order valence-electron chi connectivity index (χ1n) is 13.9. The number of fused-ring (bicyclic) bond motifs is 3. The zero-order valence-electron chi connectivity index (χ0n) is 22.2. The summed E-state index contributed by atoms with van der Waals surface area (Å²) in [6.07, 6.45) is 7.51. The van der Waals surface area contributed by atoms with Crippen molar-refractivity contribution in [3.05, 3.63) is 53.1 Å². The highest BCUT2D eigenvalue weighted by Crippen LogP contribution is 2.49. The van der Waals surface area contributed by atoms with Crippen LogP contribution in [0.3, 0.4) is 0 Å². The summed E-state index contributed by atoms with van der Waals surface area (Å²) in [5.41, 5.74) is 5.06. The normalized spacial score (nSPS) is 25.1. The standard InChI is InChI=1S/C30H32FN5O3/c1-19-27(22-6-5-20(31)14-23(22)34-29(19)36-8-3-2-4-26(36)37)25-16-30(7-11-39-25)18-33-24-15-21(17-32-28(24)30)35-9-12-38-13-10-35/h5-6,14-15,17-18,25H,2-4,7-13,16H2,1H3/t25-,30?/m1/s1. The molecule has 4 aliphatic rings. The van der Waals surface area contributed by atoms with Gasteiger partial charge in [0.25, 0.3) is 0 Å². The second kappa shape index (κ2) is 9.64. The summed E-state index contributed by atoms with van der Waals surface area (Å²) in [6.45, 7) is 6.32. The zero-order chi connectivity index (χ0) is 26.6. The molecule has 9 heteroatoms. The minimum atomic E-state index is -0.348. The van der Waals surface area contributed by atoms with Crippen LogP contribution in [0.5, 0.6) is 0 Å². The molecule has 3 aromatic rings. The number of carbonyl (C=O) groups excluding carboxylic acids is 1. The van der Waals surface area contributed by atoms with Crippen LogP contribution in [0.25, 0.3) is 10.9 Å². The number of morpholine rings is 1. The number of carbonyl (C=O) groups is 1. The average Bonchev–Trinajstić information content (AvgIpc) is 3.30. The van der Waals surface area contributed by atoms with E-state index in [1.54, 1.807) is 11.0 Å². The van der Waals surface area contributed by atoms with Gasteiger partial charge in [0.1, 0.15) is 11.6 Å². The molecule has 4 aliphatic heterocycles. The number of ether oxygens (including phenoxy) is 2. The molecule has 1 unspecified atom stereocenters.